The van der Waals surface area contributed by atoms with Gasteiger partial charge in [-0.1, -0.05) is 12.1 Å². The Balaban J connectivity index is 1.49. The third-order valence-corrected chi connectivity index (χ3v) is 6.02. The molecule has 2 amide bonds. The van der Waals surface area contributed by atoms with Gasteiger partial charge < -0.3 is 20.3 Å². The molecule has 0 saturated heterocycles. The summed E-state index contributed by atoms with van der Waals surface area (Å²) >= 11 is 0. The standard InChI is InChI=1S/C22H20N4O5S/c1-31-17-9-7-16(8-10-17)23-22(28)18-4-2-3-5-19(18)24-21(27)15-6-11-20-25-32(29,30)13-12-26(20)14-15/h2-11,14H,12-13H2,1H3,(H,23,28)(H,24,27). The molecule has 164 valence electrons. The van der Waals surface area contributed by atoms with Crippen molar-refractivity contribution >= 4 is 39.0 Å². The summed E-state index contributed by atoms with van der Waals surface area (Å²) in [4.78, 5) is 27.2. The maximum Gasteiger partial charge on any atom is 0.257 e. The van der Waals surface area contributed by atoms with Crippen LogP contribution in [0, 0.1) is 0 Å². The Hall–Kier alpha value is -3.92. The zero-order valence-corrected chi connectivity index (χ0v) is 17.9. The molecule has 0 radical (unpaired) electrons. The van der Waals surface area contributed by atoms with Gasteiger partial charge in [-0.05, 0) is 48.6 Å². The summed E-state index contributed by atoms with van der Waals surface area (Å²) < 4.78 is 32.1. The van der Waals surface area contributed by atoms with E-state index >= 15 is 0 Å². The number of hydrogen-bond donors (Lipinski definition) is 2. The molecule has 2 aromatic rings. The lowest BCUT2D eigenvalue weighted by molar-refractivity contribution is -0.112. The van der Waals surface area contributed by atoms with Gasteiger partial charge in [0.1, 0.15) is 11.6 Å². The molecule has 2 N–H and O–H groups in total. The molecule has 32 heavy (non-hydrogen) atoms. The normalized spacial score (nSPS) is 16.3. The van der Waals surface area contributed by atoms with Crippen molar-refractivity contribution in [2.75, 3.05) is 30.0 Å². The van der Waals surface area contributed by atoms with Crippen LogP contribution in [-0.2, 0) is 14.8 Å². The number of carbonyl (C=O) groups is 2. The van der Waals surface area contributed by atoms with E-state index in [1.54, 1.807) is 66.7 Å². The molecule has 0 unspecified atom stereocenters. The minimum absolute atomic E-state index is 0.121. The molecule has 0 aromatic heterocycles. The average Bonchev–Trinajstić information content (AvgIpc) is 2.79. The van der Waals surface area contributed by atoms with Gasteiger partial charge in [0, 0.05) is 18.4 Å². The van der Waals surface area contributed by atoms with Gasteiger partial charge in [-0.15, -0.1) is 4.40 Å². The Morgan fingerprint density at radius 1 is 1.00 bits per heavy atom. The van der Waals surface area contributed by atoms with E-state index in [-0.39, 0.29) is 24.0 Å². The maximum absolute atomic E-state index is 12.8. The lowest BCUT2D eigenvalue weighted by Crippen LogP contribution is -2.37. The maximum atomic E-state index is 12.8. The highest BCUT2D eigenvalue weighted by molar-refractivity contribution is 7.90. The van der Waals surface area contributed by atoms with Gasteiger partial charge >= 0.3 is 0 Å². The summed E-state index contributed by atoms with van der Waals surface area (Å²) in [5, 5.41) is 5.55. The summed E-state index contributed by atoms with van der Waals surface area (Å²) in [5.74, 6) is 0.00812. The summed E-state index contributed by atoms with van der Waals surface area (Å²) in [5.41, 5.74) is 1.54. The van der Waals surface area contributed by atoms with Crippen molar-refractivity contribution in [2.45, 2.75) is 0 Å². The van der Waals surface area contributed by atoms with Gasteiger partial charge in [-0.2, -0.15) is 0 Å². The number of nitrogens with one attached hydrogen (secondary N) is 2. The molecule has 0 spiro atoms. The van der Waals surface area contributed by atoms with Gasteiger partial charge in [0.15, 0.2) is 0 Å². The van der Waals surface area contributed by atoms with Crippen LogP contribution in [0.4, 0.5) is 11.4 Å². The first-order valence-electron chi connectivity index (χ1n) is 9.69. The van der Waals surface area contributed by atoms with Crippen LogP contribution in [0.15, 0.2) is 76.9 Å². The third-order valence-electron chi connectivity index (χ3n) is 4.85. The molecular formula is C22H20N4O5S. The number of ether oxygens (including phenoxy) is 1. The van der Waals surface area contributed by atoms with Gasteiger partial charge in [0.25, 0.3) is 21.8 Å². The number of fused-ring (bicyclic) bond motifs is 1. The second kappa shape index (κ2) is 8.67. The fourth-order valence-corrected chi connectivity index (χ4v) is 4.16. The lowest BCUT2D eigenvalue weighted by atomic mass is 10.1. The number of carbonyl (C=O) groups excluding carboxylic acids is 2. The molecule has 0 fully saturated rings. The Morgan fingerprint density at radius 3 is 2.50 bits per heavy atom. The number of benzene rings is 2. The van der Waals surface area contributed by atoms with E-state index in [4.69, 9.17) is 4.74 Å². The molecule has 2 heterocycles. The SMILES string of the molecule is COc1ccc(NC(=O)c2ccccc2NC(=O)C2=CN3CCS(=O)(=O)N=C3C=C2)cc1. The highest BCUT2D eigenvalue weighted by Gasteiger charge is 2.25. The molecule has 0 aliphatic carbocycles. The molecule has 0 saturated carbocycles. The van der Waals surface area contributed by atoms with Crippen molar-refractivity contribution in [1.29, 1.82) is 0 Å². The van der Waals surface area contributed by atoms with Crippen LogP contribution in [0.3, 0.4) is 0 Å². The fourth-order valence-electron chi connectivity index (χ4n) is 3.19. The van der Waals surface area contributed by atoms with E-state index in [2.05, 4.69) is 15.0 Å². The first kappa shape index (κ1) is 21.3. The topological polar surface area (TPSA) is 117 Å². The van der Waals surface area contributed by atoms with Crippen LogP contribution >= 0.6 is 0 Å². The Kier molecular flexibility index (Phi) is 5.78. The predicted molar refractivity (Wildman–Crippen MR) is 121 cm³/mol. The van der Waals surface area contributed by atoms with Crippen molar-refractivity contribution in [3.63, 3.8) is 0 Å². The number of hydrogen-bond acceptors (Lipinski definition) is 6. The molecule has 4 rings (SSSR count). The van der Waals surface area contributed by atoms with Crippen molar-refractivity contribution in [3.8, 4) is 5.75 Å². The fraction of sp³-hybridized carbons (Fsp3) is 0.136. The van der Waals surface area contributed by atoms with E-state index in [1.807, 2.05) is 0 Å². The Bertz CT molecular complexity index is 1260. The second-order valence-electron chi connectivity index (χ2n) is 7.03. The van der Waals surface area contributed by atoms with Crippen LogP contribution < -0.4 is 15.4 Å². The van der Waals surface area contributed by atoms with Crippen LogP contribution in [0.5, 0.6) is 5.75 Å². The van der Waals surface area contributed by atoms with E-state index in [1.165, 1.54) is 12.2 Å². The van der Waals surface area contributed by atoms with E-state index in [0.29, 0.717) is 28.3 Å². The second-order valence-corrected chi connectivity index (χ2v) is 8.78. The molecule has 2 aliphatic heterocycles. The first-order valence-corrected chi connectivity index (χ1v) is 11.3. The monoisotopic (exact) mass is 452 g/mol. The van der Waals surface area contributed by atoms with Crippen LogP contribution in [0.1, 0.15) is 10.4 Å². The first-order chi connectivity index (χ1) is 15.3. The van der Waals surface area contributed by atoms with Gasteiger partial charge in [-0.25, -0.2) is 8.42 Å². The molecule has 10 heteroatoms. The van der Waals surface area contributed by atoms with E-state index < -0.39 is 15.9 Å². The number of sulfonamides is 1. The Morgan fingerprint density at radius 2 is 1.75 bits per heavy atom. The van der Waals surface area contributed by atoms with Gasteiger partial charge in [0.2, 0.25) is 0 Å². The quantitative estimate of drug-likeness (QED) is 0.719. The highest BCUT2D eigenvalue weighted by atomic mass is 32.2. The van der Waals surface area contributed by atoms with Crippen LogP contribution in [0.25, 0.3) is 0 Å². The molecule has 0 atom stereocenters. The molecule has 9 nitrogen and oxygen atoms in total. The molecular weight excluding hydrogens is 432 g/mol. The molecule has 2 aromatic carbocycles. The lowest BCUT2D eigenvalue weighted by Gasteiger charge is -2.27. The van der Waals surface area contributed by atoms with Gasteiger partial charge in [0.05, 0.1) is 29.7 Å². The highest BCUT2D eigenvalue weighted by Crippen LogP contribution is 2.21. The van der Waals surface area contributed by atoms with Crippen molar-refractivity contribution in [1.82, 2.24) is 4.90 Å². The zero-order valence-electron chi connectivity index (χ0n) is 17.1. The molecule has 0 bridgehead atoms. The van der Waals surface area contributed by atoms with Crippen molar-refractivity contribution < 1.29 is 22.7 Å². The molecule has 2 aliphatic rings. The zero-order chi connectivity index (χ0) is 22.7. The van der Waals surface area contributed by atoms with Crippen molar-refractivity contribution in [2.24, 2.45) is 4.40 Å². The third kappa shape index (κ3) is 4.70. The number of methoxy groups -OCH3 is 1. The smallest absolute Gasteiger partial charge is 0.257 e. The summed E-state index contributed by atoms with van der Waals surface area (Å²) in [7, 11) is -1.91. The minimum Gasteiger partial charge on any atom is -0.497 e. The van der Waals surface area contributed by atoms with E-state index in [0.717, 1.165) is 0 Å². The summed E-state index contributed by atoms with van der Waals surface area (Å²) in [6.45, 7) is 0.211. The average molecular weight is 452 g/mol. The largest absolute Gasteiger partial charge is 0.497 e. The van der Waals surface area contributed by atoms with Crippen LogP contribution in [0.2, 0.25) is 0 Å². The number of anilines is 2. The van der Waals surface area contributed by atoms with Crippen molar-refractivity contribution in [3.05, 3.63) is 78.0 Å². The number of amides is 2. The number of rotatable bonds is 5. The van der Waals surface area contributed by atoms with E-state index in [9.17, 15) is 18.0 Å². The van der Waals surface area contributed by atoms with Crippen LogP contribution in [-0.4, -0.2) is 50.4 Å². The number of amidine groups is 1. The minimum atomic E-state index is -3.47. The Labute approximate surface area is 185 Å². The predicted octanol–water partition coefficient (Wildman–Crippen LogP) is 2.38. The van der Waals surface area contributed by atoms with Gasteiger partial charge in [-0.3, -0.25) is 9.59 Å². The summed E-state index contributed by atoms with van der Waals surface area (Å²) in [6.07, 6.45) is 4.52. The number of nitrogens with zero attached hydrogens (tertiary/aromatic N) is 2. The summed E-state index contributed by atoms with van der Waals surface area (Å²) in [6, 6.07) is 13.6. The number of para-hydroxylation sites is 1.